The van der Waals surface area contributed by atoms with E-state index in [-0.39, 0.29) is 24.4 Å². The molecular weight excluding hydrogens is 260 g/mol. The van der Waals surface area contributed by atoms with Crippen LogP contribution in [-0.2, 0) is 10.2 Å². The maximum atomic E-state index is 12.5. The number of halogens is 1. The molecule has 0 spiro atoms. The van der Waals surface area contributed by atoms with Crippen molar-refractivity contribution < 1.29 is 4.79 Å². The van der Waals surface area contributed by atoms with Crippen molar-refractivity contribution in [2.75, 3.05) is 6.54 Å². The van der Waals surface area contributed by atoms with Crippen LogP contribution in [0.4, 0.5) is 0 Å². The van der Waals surface area contributed by atoms with Gasteiger partial charge < -0.3 is 11.1 Å². The van der Waals surface area contributed by atoms with Crippen LogP contribution >= 0.6 is 12.4 Å². The fourth-order valence-corrected chi connectivity index (χ4v) is 2.29. The molecule has 0 unspecified atom stereocenters. The zero-order chi connectivity index (χ0) is 13.6. The predicted molar refractivity (Wildman–Crippen MR) is 82.6 cm³/mol. The number of carbonyl (C=O) groups excluding carboxylic acids is 1. The molecule has 19 heavy (non-hydrogen) atoms. The summed E-state index contributed by atoms with van der Waals surface area (Å²) in [7, 11) is 0. The summed E-state index contributed by atoms with van der Waals surface area (Å²) in [6.45, 7) is 6.51. The van der Waals surface area contributed by atoms with Crippen LogP contribution in [0.1, 0.15) is 39.2 Å². The summed E-state index contributed by atoms with van der Waals surface area (Å²) < 4.78 is 0. The minimum Gasteiger partial charge on any atom is -0.352 e. The van der Waals surface area contributed by atoms with Gasteiger partial charge in [-0.25, -0.2) is 0 Å². The highest BCUT2D eigenvalue weighted by Crippen LogP contribution is 2.31. The molecule has 0 bridgehead atoms. The molecular formula is C15H25ClN2O. The molecule has 1 amide bonds. The summed E-state index contributed by atoms with van der Waals surface area (Å²) in [5, 5.41) is 3.01. The quantitative estimate of drug-likeness (QED) is 0.844. The summed E-state index contributed by atoms with van der Waals surface area (Å²) in [5.74, 6) is 0.0802. The topological polar surface area (TPSA) is 55.1 Å². The van der Waals surface area contributed by atoms with Gasteiger partial charge in [-0.2, -0.15) is 0 Å². The first kappa shape index (κ1) is 17.9. The third-order valence-corrected chi connectivity index (χ3v) is 3.70. The minimum absolute atomic E-state index is 0. The van der Waals surface area contributed by atoms with E-state index in [2.05, 4.69) is 19.2 Å². The van der Waals surface area contributed by atoms with E-state index < -0.39 is 5.41 Å². The van der Waals surface area contributed by atoms with E-state index in [4.69, 9.17) is 5.73 Å². The van der Waals surface area contributed by atoms with E-state index in [1.165, 1.54) is 0 Å². The lowest BCUT2D eigenvalue weighted by Crippen LogP contribution is -2.49. The highest BCUT2D eigenvalue weighted by atomic mass is 35.5. The third-order valence-electron chi connectivity index (χ3n) is 3.70. The molecule has 0 radical (unpaired) electrons. The molecule has 1 aromatic rings. The van der Waals surface area contributed by atoms with Crippen LogP contribution in [0.5, 0.6) is 0 Å². The molecule has 0 aromatic heterocycles. The Hall–Kier alpha value is -1.06. The molecule has 3 nitrogen and oxygen atoms in total. The Morgan fingerprint density at radius 1 is 1.26 bits per heavy atom. The van der Waals surface area contributed by atoms with Gasteiger partial charge in [0.15, 0.2) is 0 Å². The van der Waals surface area contributed by atoms with Gasteiger partial charge >= 0.3 is 0 Å². The lowest BCUT2D eigenvalue weighted by Gasteiger charge is -2.32. The number of hydrogen-bond donors (Lipinski definition) is 2. The lowest BCUT2D eigenvalue weighted by atomic mass is 9.75. The fraction of sp³-hybridized carbons (Fsp3) is 0.533. The standard InChI is InChI=1S/C15H24N2O.ClH/c1-4-15(5-2,13-9-7-6-8-10-13)14(18)17-12(3)11-16;/h6-10,12H,4-5,11,16H2,1-3H3,(H,17,18);1H/t12-;/m0./s1. The first-order valence-corrected chi connectivity index (χ1v) is 6.67. The smallest absolute Gasteiger partial charge is 0.230 e. The van der Waals surface area contributed by atoms with E-state index in [0.29, 0.717) is 6.54 Å². The van der Waals surface area contributed by atoms with Crippen molar-refractivity contribution in [2.45, 2.75) is 45.1 Å². The Bertz CT molecular complexity index is 377. The van der Waals surface area contributed by atoms with Crippen LogP contribution in [0, 0.1) is 0 Å². The molecule has 0 heterocycles. The van der Waals surface area contributed by atoms with Crippen molar-refractivity contribution in [1.29, 1.82) is 0 Å². The molecule has 0 saturated heterocycles. The summed E-state index contributed by atoms with van der Waals surface area (Å²) in [6.07, 6.45) is 1.58. The number of hydrogen-bond acceptors (Lipinski definition) is 2. The van der Waals surface area contributed by atoms with Crippen molar-refractivity contribution >= 4 is 18.3 Å². The van der Waals surface area contributed by atoms with Crippen molar-refractivity contribution in [1.82, 2.24) is 5.32 Å². The molecule has 1 atom stereocenters. The molecule has 1 aromatic carbocycles. The summed E-state index contributed by atoms with van der Waals surface area (Å²) in [4.78, 5) is 12.5. The summed E-state index contributed by atoms with van der Waals surface area (Å²) >= 11 is 0. The van der Waals surface area contributed by atoms with Gasteiger partial charge in [-0.15, -0.1) is 12.4 Å². The maximum Gasteiger partial charge on any atom is 0.230 e. The van der Waals surface area contributed by atoms with Crippen LogP contribution in [0.15, 0.2) is 30.3 Å². The number of carbonyl (C=O) groups is 1. The normalized spacial score (nSPS) is 12.4. The van der Waals surface area contributed by atoms with E-state index in [1.807, 2.05) is 37.3 Å². The largest absolute Gasteiger partial charge is 0.352 e. The number of nitrogens with one attached hydrogen (secondary N) is 1. The molecule has 3 N–H and O–H groups in total. The predicted octanol–water partition coefficient (Wildman–Crippen LogP) is 2.63. The Kier molecular flexibility index (Phi) is 7.72. The van der Waals surface area contributed by atoms with Crippen molar-refractivity contribution in [3.05, 3.63) is 35.9 Å². The van der Waals surface area contributed by atoms with Gasteiger partial charge in [0.25, 0.3) is 0 Å². The number of rotatable bonds is 6. The number of nitrogens with two attached hydrogens (primary N) is 1. The second-order valence-electron chi connectivity index (χ2n) is 4.77. The Labute approximate surface area is 122 Å². The SMILES string of the molecule is CCC(CC)(C(=O)N[C@@H](C)CN)c1ccccc1.Cl. The molecule has 108 valence electrons. The van der Waals surface area contributed by atoms with E-state index in [0.717, 1.165) is 18.4 Å². The highest BCUT2D eigenvalue weighted by Gasteiger charge is 2.36. The van der Waals surface area contributed by atoms with Gasteiger partial charge in [0.05, 0.1) is 5.41 Å². The highest BCUT2D eigenvalue weighted by molar-refractivity contribution is 5.88. The fourth-order valence-electron chi connectivity index (χ4n) is 2.29. The first-order valence-electron chi connectivity index (χ1n) is 6.67. The molecule has 0 fully saturated rings. The molecule has 0 saturated carbocycles. The monoisotopic (exact) mass is 284 g/mol. The third kappa shape index (κ3) is 3.95. The summed E-state index contributed by atoms with van der Waals surface area (Å²) in [6, 6.07) is 10.0. The van der Waals surface area contributed by atoms with Crippen LogP contribution in [-0.4, -0.2) is 18.5 Å². The minimum atomic E-state index is -0.440. The Morgan fingerprint density at radius 2 is 1.79 bits per heavy atom. The van der Waals surface area contributed by atoms with E-state index in [1.54, 1.807) is 0 Å². The summed E-state index contributed by atoms with van der Waals surface area (Å²) in [5.41, 5.74) is 6.21. The van der Waals surface area contributed by atoms with Gasteiger partial charge in [0.1, 0.15) is 0 Å². The van der Waals surface area contributed by atoms with Crippen LogP contribution in [0.2, 0.25) is 0 Å². The first-order chi connectivity index (χ1) is 8.60. The molecule has 1 rings (SSSR count). The molecule has 0 aliphatic carbocycles. The van der Waals surface area contributed by atoms with E-state index in [9.17, 15) is 4.79 Å². The lowest BCUT2D eigenvalue weighted by molar-refractivity contribution is -0.127. The van der Waals surface area contributed by atoms with Crippen molar-refractivity contribution in [3.63, 3.8) is 0 Å². The van der Waals surface area contributed by atoms with Gasteiger partial charge in [0, 0.05) is 12.6 Å². The van der Waals surface area contributed by atoms with Crippen molar-refractivity contribution in [2.24, 2.45) is 5.73 Å². The van der Waals surface area contributed by atoms with Crippen LogP contribution in [0.25, 0.3) is 0 Å². The molecule has 4 heteroatoms. The maximum absolute atomic E-state index is 12.5. The Morgan fingerprint density at radius 3 is 2.21 bits per heavy atom. The van der Waals surface area contributed by atoms with Gasteiger partial charge in [-0.05, 0) is 25.3 Å². The van der Waals surface area contributed by atoms with Gasteiger partial charge in [-0.1, -0.05) is 44.2 Å². The van der Waals surface area contributed by atoms with E-state index >= 15 is 0 Å². The zero-order valence-corrected chi connectivity index (χ0v) is 12.8. The second kappa shape index (κ2) is 8.18. The molecule has 0 aliphatic rings. The average molecular weight is 285 g/mol. The van der Waals surface area contributed by atoms with Crippen LogP contribution < -0.4 is 11.1 Å². The zero-order valence-electron chi connectivity index (χ0n) is 12.0. The second-order valence-corrected chi connectivity index (χ2v) is 4.77. The Balaban J connectivity index is 0.00000324. The number of amides is 1. The van der Waals surface area contributed by atoms with Gasteiger partial charge in [0.2, 0.25) is 5.91 Å². The molecule has 0 aliphatic heterocycles. The number of benzene rings is 1. The van der Waals surface area contributed by atoms with Crippen molar-refractivity contribution in [3.8, 4) is 0 Å². The van der Waals surface area contributed by atoms with Crippen LogP contribution in [0.3, 0.4) is 0 Å². The average Bonchev–Trinajstić information content (AvgIpc) is 2.42. The van der Waals surface area contributed by atoms with Gasteiger partial charge in [-0.3, -0.25) is 4.79 Å².